The number of carbonyl (C=O) groups excluding carboxylic acids is 2. The van der Waals surface area contributed by atoms with Gasteiger partial charge in [0.15, 0.2) is 0 Å². The highest BCUT2D eigenvalue weighted by atomic mass is 19.4. The Morgan fingerprint density at radius 1 is 1.08 bits per heavy atom. The van der Waals surface area contributed by atoms with Gasteiger partial charge in [0.2, 0.25) is 17.5 Å². The Morgan fingerprint density at radius 3 is 2.50 bits per heavy atom. The highest BCUT2D eigenvalue weighted by Crippen LogP contribution is 2.47. The molecule has 0 saturated carbocycles. The van der Waals surface area contributed by atoms with Crippen LogP contribution >= 0.6 is 0 Å². The molecule has 5 N–H and O–H groups in total. The van der Waals surface area contributed by atoms with E-state index in [9.17, 15) is 32.3 Å². The van der Waals surface area contributed by atoms with Gasteiger partial charge in [-0.25, -0.2) is 14.4 Å². The first-order chi connectivity index (χ1) is 22.7. The number of aryl methyl sites for hydroxylation is 1. The first-order valence-corrected chi connectivity index (χ1v) is 14.3. The monoisotopic (exact) mass is 662 g/mol. The Labute approximate surface area is 269 Å². The predicted molar refractivity (Wildman–Crippen MR) is 164 cm³/mol. The summed E-state index contributed by atoms with van der Waals surface area (Å²) in [6.45, 7) is 1.47. The number of anilines is 2. The largest absolute Gasteiger partial charge is 0.489 e. The average molecular weight is 663 g/mol. The fourth-order valence-corrected chi connectivity index (χ4v) is 5.26. The summed E-state index contributed by atoms with van der Waals surface area (Å²) in [7, 11) is 0. The molecule has 0 saturated heterocycles. The second-order valence-corrected chi connectivity index (χ2v) is 11.5. The van der Waals surface area contributed by atoms with Gasteiger partial charge in [0.1, 0.15) is 29.3 Å². The molecule has 2 aromatic carbocycles. The van der Waals surface area contributed by atoms with Gasteiger partial charge in [-0.3, -0.25) is 14.6 Å². The van der Waals surface area contributed by atoms with Crippen LogP contribution in [0.4, 0.5) is 29.2 Å². The van der Waals surface area contributed by atoms with Crippen molar-refractivity contribution < 1.29 is 37.0 Å². The minimum absolute atomic E-state index is 0.0436. The van der Waals surface area contributed by atoms with Crippen LogP contribution < -0.4 is 21.1 Å². The molecule has 12 nitrogen and oxygen atoms in total. The molecule has 0 spiro atoms. The highest BCUT2D eigenvalue weighted by Gasteiger charge is 2.57. The van der Waals surface area contributed by atoms with Crippen LogP contribution in [0.15, 0.2) is 67.1 Å². The lowest BCUT2D eigenvalue weighted by molar-refractivity contribution is -0.265. The molecule has 3 aromatic heterocycles. The topological polar surface area (TPSA) is 178 Å². The zero-order valence-electron chi connectivity index (χ0n) is 25.3. The first-order valence-electron chi connectivity index (χ1n) is 14.3. The normalized spacial score (nSPS) is 16.9. The maximum Gasteiger partial charge on any atom is 0.424 e. The standard InChI is InChI=1S/C32H26F4N8O4/c1-16-9-18-10-19(11-22(24(18)39-13-16)42-29-38-7-8-41-44-29)27(45)40-14-31(47,32(34,35)36)23-12-21-26(48-15-30(21,2)28(37)46)25(43-23)17-3-5-20(33)6-4-17/h3-13,47H,14-15H2,1-2H3,(H2,37,46)(H,40,45)(H,38,42,44)/t30-,31-/m0/s1. The predicted octanol–water partition coefficient (Wildman–Crippen LogP) is 3.99. The van der Waals surface area contributed by atoms with Crippen LogP contribution in [-0.4, -0.2) is 61.4 Å². The zero-order chi connectivity index (χ0) is 34.4. The molecule has 6 rings (SSSR count). The summed E-state index contributed by atoms with van der Waals surface area (Å²) >= 11 is 0. The minimum atomic E-state index is -5.39. The van der Waals surface area contributed by atoms with E-state index in [1.54, 1.807) is 19.2 Å². The number of pyridine rings is 2. The SMILES string of the molecule is Cc1cnc2c(Nc3nccnn3)cc(C(=O)NC[C@](O)(c3cc4c(c(-c5ccc(F)cc5)n3)OC[C@]4(C)C(N)=O)C(F)(F)F)cc2c1. The van der Waals surface area contributed by atoms with Crippen molar-refractivity contribution in [2.45, 2.75) is 31.0 Å². The number of fused-ring (bicyclic) bond motifs is 2. The average Bonchev–Trinajstić information content (AvgIpc) is 3.40. The summed E-state index contributed by atoms with van der Waals surface area (Å²) in [6, 6.07) is 10.1. The quantitative estimate of drug-likeness (QED) is 0.178. The van der Waals surface area contributed by atoms with Crippen LogP contribution in [0, 0.1) is 12.7 Å². The van der Waals surface area contributed by atoms with Gasteiger partial charge in [0.05, 0.1) is 35.8 Å². The Kier molecular flexibility index (Phi) is 7.91. The van der Waals surface area contributed by atoms with E-state index in [-0.39, 0.29) is 46.4 Å². The molecule has 4 heterocycles. The number of primary amides is 1. The van der Waals surface area contributed by atoms with Crippen LogP contribution in [0.1, 0.15) is 34.1 Å². The van der Waals surface area contributed by atoms with E-state index in [4.69, 9.17) is 10.5 Å². The van der Waals surface area contributed by atoms with Crippen molar-refractivity contribution in [2.75, 3.05) is 18.5 Å². The van der Waals surface area contributed by atoms with Gasteiger partial charge in [0, 0.05) is 28.3 Å². The molecule has 0 radical (unpaired) electrons. The lowest BCUT2D eigenvalue weighted by Gasteiger charge is -2.31. The number of nitrogens with zero attached hydrogens (tertiary/aromatic N) is 5. The summed E-state index contributed by atoms with van der Waals surface area (Å²) in [5.41, 5.74) is 0.593. The summed E-state index contributed by atoms with van der Waals surface area (Å²) in [5, 5.41) is 24.5. The number of aromatic nitrogens is 5. The van der Waals surface area contributed by atoms with E-state index >= 15 is 0 Å². The third-order valence-corrected chi connectivity index (χ3v) is 8.04. The number of nitrogens with two attached hydrogens (primary N) is 1. The van der Waals surface area contributed by atoms with Crippen molar-refractivity contribution in [3.05, 3.63) is 95.3 Å². The molecule has 2 amide bonds. The number of rotatable bonds is 8. The number of carbonyl (C=O) groups is 2. The lowest BCUT2D eigenvalue weighted by Crippen LogP contribution is -2.51. The van der Waals surface area contributed by atoms with Crippen molar-refractivity contribution in [3.63, 3.8) is 0 Å². The molecule has 0 aliphatic carbocycles. The Bertz CT molecular complexity index is 2060. The Morgan fingerprint density at radius 2 is 1.83 bits per heavy atom. The highest BCUT2D eigenvalue weighted by molar-refractivity contribution is 6.02. The molecule has 16 heteroatoms. The number of amides is 2. The maximum absolute atomic E-state index is 14.8. The summed E-state index contributed by atoms with van der Waals surface area (Å²) < 4.78 is 63.9. The summed E-state index contributed by atoms with van der Waals surface area (Å²) in [5.74, 6) is -2.44. The summed E-state index contributed by atoms with van der Waals surface area (Å²) in [6.07, 6.45) is -1.05. The van der Waals surface area contributed by atoms with E-state index in [1.807, 2.05) is 0 Å². The molecule has 0 bridgehead atoms. The molecular formula is C32H26F4N8O4. The molecule has 48 heavy (non-hydrogen) atoms. The van der Waals surface area contributed by atoms with E-state index in [2.05, 4.69) is 35.8 Å². The number of alkyl halides is 3. The third-order valence-electron chi connectivity index (χ3n) is 8.04. The maximum atomic E-state index is 14.8. The molecular weight excluding hydrogens is 636 g/mol. The number of ether oxygens (including phenoxy) is 1. The fourth-order valence-electron chi connectivity index (χ4n) is 5.26. The smallest absolute Gasteiger partial charge is 0.424 e. The van der Waals surface area contributed by atoms with Gasteiger partial charge >= 0.3 is 6.18 Å². The first kappa shape index (κ1) is 32.2. The molecule has 0 fully saturated rings. The van der Waals surface area contributed by atoms with Gasteiger partial charge in [-0.05, 0) is 67.9 Å². The number of hydrogen-bond acceptors (Lipinski definition) is 10. The second-order valence-electron chi connectivity index (χ2n) is 11.5. The van der Waals surface area contributed by atoms with E-state index in [0.29, 0.717) is 10.9 Å². The minimum Gasteiger partial charge on any atom is -0.489 e. The van der Waals surface area contributed by atoms with Crippen molar-refractivity contribution in [3.8, 4) is 17.0 Å². The van der Waals surface area contributed by atoms with Crippen LogP contribution in [0.3, 0.4) is 0 Å². The Hall–Kier alpha value is -5.77. The van der Waals surface area contributed by atoms with Crippen molar-refractivity contribution in [1.29, 1.82) is 0 Å². The number of aliphatic hydroxyl groups is 1. The van der Waals surface area contributed by atoms with Gasteiger partial charge < -0.3 is 26.2 Å². The second kappa shape index (κ2) is 11.8. The number of hydrogen-bond donors (Lipinski definition) is 4. The van der Waals surface area contributed by atoms with E-state index < -0.39 is 47.1 Å². The van der Waals surface area contributed by atoms with Crippen molar-refractivity contribution in [1.82, 2.24) is 30.5 Å². The van der Waals surface area contributed by atoms with E-state index in [0.717, 1.165) is 23.8 Å². The summed E-state index contributed by atoms with van der Waals surface area (Å²) in [4.78, 5) is 38.5. The Balaban J connectivity index is 1.41. The number of halogens is 4. The molecule has 5 aromatic rings. The van der Waals surface area contributed by atoms with Gasteiger partial charge in [-0.2, -0.15) is 18.3 Å². The molecule has 0 unspecified atom stereocenters. The number of nitrogens with one attached hydrogen (secondary N) is 2. The van der Waals surface area contributed by atoms with Gasteiger partial charge in [-0.1, -0.05) is 0 Å². The van der Waals surface area contributed by atoms with Crippen molar-refractivity contribution in [2.24, 2.45) is 5.73 Å². The van der Waals surface area contributed by atoms with E-state index in [1.165, 1.54) is 43.6 Å². The van der Waals surface area contributed by atoms with Crippen molar-refractivity contribution >= 4 is 34.4 Å². The van der Waals surface area contributed by atoms with Gasteiger partial charge in [-0.15, -0.1) is 5.10 Å². The lowest BCUT2D eigenvalue weighted by atomic mass is 9.81. The van der Waals surface area contributed by atoms with Crippen LogP contribution in [0.2, 0.25) is 0 Å². The zero-order valence-corrected chi connectivity index (χ0v) is 25.3. The van der Waals surface area contributed by atoms with Crippen LogP contribution in [0.5, 0.6) is 5.75 Å². The fraction of sp³-hybridized carbons (Fsp3) is 0.219. The van der Waals surface area contributed by atoms with Gasteiger partial charge in [0.25, 0.3) is 5.91 Å². The molecule has 246 valence electrons. The number of benzene rings is 2. The molecule has 1 aliphatic heterocycles. The molecule has 2 atom stereocenters. The van der Waals surface area contributed by atoms with Crippen LogP contribution in [0.25, 0.3) is 22.2 Å². The van der Waals surface area contributed by atoms with Crippen LogP contribution in [-0.2, 0) is 15.8 Å². The third kappa shape index (κ3) is 5.70. The molecule has 1 aliphatic rings.